The summed E-state index contributed by atoms with van der Waals surface area (Å²) in [7, 11) is 0. The maximum absolute atomic E-state index is 13.5. The van der Waals surface area contributed by atoms with E-state index >= 15 is 0 Å². The van der Waals surface area contributed by atoms with Crippen LogP contribution in [0, 0.1) is 5.82 Å². The first-order chi connectivity index (χ1) is 7.75. The lowest BCUT2D eigenvalue weighted by Crippen LogP contribution is -2.34. The summed E-state index contributed by atoms with van der Waals surface area (Å²) >= 11 is 3.25. The van der Waals surface area contributed by atoms with Gasteiger partial charge in [-0.25, -0.2) is 4.39 Å². The molecule has 2 rings (SSSR count). The van der Waals surface area contributed by atoms with Crippen LogP contribution < -0.4 is 5.32 Å². The summed E-state index contributed by atoms with van der Waals surface area (Å²) in [6.07, 6.45) is 2.02. The van der Waals surface area contributed by atoms with Crippen LogP contribution in [-0.4, -0.2) is 19.3 Å². The highest BCUT2D eigenvalue weighted by Gasteiger charge is 2.13. The van der Waals surface area contributed by atoms with Crippen LogP contribution in [0.15, 0.2) is 22.7 Å². The molecule has 1 saturated heterocycles. The van der Waals surface area contributed by atoms with E-state index in [1.807, 2.05) is 12.1 Å². The van der Waals surface area contributed by atoms with Gasteiger partial charge in [0.15, 0.2) is 0 Å². The topological polar surface area (TPSA) is 21.3 Å². The molecule has 0 amide bonds. The lowest BCUT2D eigenvalue weighted by molar-refractivity contribution is 0.0775. The van der Waals surface area contributed by atoms with E-state index in [1.165, 1.54) is 6.07 Å². The van der Waals surface area contributed by atoms with Crippen LogP contribution in [0.1, 0.15) is 18.4 Å². The highest BCUT2D eigenvalue weighted by molar-refractivity contribution is 9.10. The average molecular weight is 288 g/mol. The molecular formula is C12H15BrFNO. The third-order valence-corrected chi connectivity index (χ3v) is 3.31. The Morgan fingerprint density at radius 1 is 1.38 bits per heavy atom. The van der Waals surface area contributed by atoms with Crippen molar-refractivity contribution < 1.29 is 9.13 Å². The third kappa shape index (κ3) is 3.27. The molecule has 1 aromatic rings. The van der Waals surface area contributed by atoms with E-state index in [2.05, 4.69) is 21.2 Å². The molecule has 2 nitrogen and oxygen atoms in total. The van der Waals surface area contributed by atoms with Crippen LogP contribution in [0.4, 0.5) is 4.39 Å². The van der Waals surface area contributed by atoms with Crippen LogP contribution in [0.5, 0.6) is 0 Å². The fourth-order valence-corrected chi connectivity index (χ4v) is 2.15. The molecule has 0 bridgehead atoms. The third-order valence-electron chi connectivity index (χ3n) is 2.82. The lowest BCUT2D eigenvalue weighted by atomic mass is 10.1. The molecule has 88 valence electrons. The van der Waals surface area contributed by atoms with Crippen molar-refractivity contribution in [2.45, 2.75) is 25.4 Å². The van der Waals surface area contributed by atoms with Gasteiger partial charge in [-0.15, -0.1) is 0 Å². The van der Waals surface area contributed by atoms with E-state index in [-0.39, 0.29) is 5.82 Å². The Balaban J connectivity index is 1.88. The van der Waals surface area contributed by atoms with Crippen LogP contribution >= 0.6 is 15.9 Å². The second-order valence-electron chi connectivity index (χ2n) is 4.00. The second kappa shape index (κ2) is 5.75. The fourth-order valence-electron chi connectivity index (χ4n) is 1.82. The van der Waals surface area contributed by atoms with Crippen molar-refractivity contribution in [3.05, 3.63) is 34.1 Å². The Kier molecular flexibility index (Phi) is 4.32. The van der Waals surface area contributed by atoms with Gasteiger partial charge in [-0.1, -0.05) is 22.0 Å². The fraction of sp³-hybridized carbons (Fsp3) is 0.500. The van der Waals surface area contributed by atoms with Gasteiger partial charge in [-0.2, -0.15) is 0 Å². The number of ether oxygens (including phenoxy) is 1. The zero-order chi connectivity index (χ0) is 11.4. The summed E-state index contributed by atoms with van der Waals surface area (Å²) in [5, 5.41) is 3.36. The van der Waals surface area contributed by atoms with Gasteiger partial charge in [0, 0.05) is 35.8 Å². The summed E-state index contributed by atoms with van der Waals surface area (Å²) in [6.45, 7) is 2.20. The van der Waals surface area contributed by atoms with Crippen molar-refractivity contribution in [1.82, 2.24) is 5.32 Å². The monoisotopic (exact) mass is 287 g/mol. The minimum absolute atomic E-state index is 0.158. The number of nitrogens with one attached hydrogen (secondary N) is 1. The van der Waals surface area contributed by atoms with Crippen molar-refractivity contribution in [3.8, 4) is 0 Å². The largest absolute Gasteiger partial charge is 0.381 e. The average Bonchev–Trinajstić information content (AvgIpc) is 2.29. The number of hydrogen-bond acceptors (Lipinski definition) is 2. The molecule has 1 aliphatic heterocycles. The Morgan fingerprint density at radius 2 is 2.12 bits per heavy atom. The summed E-state index contributed by atoms with van der Waals surface area (Å²) in [6, 6.07) is 5.63. The molecule has 0 aromatic heterocycles. The zero-order valence-corrected chi connectivity index (χ0v) is 10.6. The highest BCUT2D eigenvalue weighted by Crippen LogP contribution is 2.16. The first-order valence-electron chi connectivity index (χ1n) is 5.51. The zero-order valence-electron chi connectivity index (χ0n) is 9.01. The molecule has 0 saturated carbocycles. The predicted octanol–water partition coefficient (Wildman–Crippen LogP) is 2.86. The number of rotatable bonds is 3. The van der Waals surface area contributed by atoms with Crippen LogP contribution in [0.3, 0.4) is 0 Å². The van der Waals surface area contributed by atoms with E-state index in [1.54, 1.807) is 0 Å². The molecule has 1 aliphatic rings. The summed E-state index contributed by atoms with van der Waals surface area (Å²) in [5.74, 6) is -0.158. The van der Waals surface area contributed by atoms with Crippen molar-refractivity contribution in [1.29, 1.82) is 0 Å². The Labute approximate surface area is 103 Å². The van der Waals surface area contributed by atoms with Gasteiger partial charge in [-0.05, 0) is 25.0 Å². The van der Waals surface area contributed by atoms with Gasteiger partial charge in [-0.3, -0.25) is 0 Å². The van der Waals surface area contributed by atoms with Crippen molar-refractivity contribution in [2.75, 3.05) is 13.2 Å². The van der Waals surface area contributed by atoms with Crippen LogP contribution in [0.2, 0.25) is 0 Å². The molecule has 1 N–H and O–H groups in total. The molecule has 1 heterocycles. The molecule has 0 radical (unpaired) electrons. The van der Waals surface area contributed by atoms with Crippen LogP contribution in [-0.2, 0) is 11.3 Å². The molecule has 0 unspecified atom stereocenters. The van der Waals surface area contributed by atoms with Gasteiger partial charge in [0.1, 0.15) is 5.82 Å². The summed E-state index contributed by atoms with van der Waals surface area (Å²) in [5.41, 5.74) is 0.717. The van der Waals surface area contributed by atoms with E-state index in [0.717, 1.165) is 36.1 Å². The van der Waals surface area contributed by atoms with E-state index in [0.29, 0.717) is 12.6 Å². The SMILES string of the molecule is Fc1cc(Br)ccc1CNC1CCOCC1. The molecule has 4 heteroatoms. The number of hydrogen-bond donors (Lipinski definition) is 1. The first kappa shape index (κ1) is 12.0. The van der Waals surface area contributed by atoms with Gasteiger partial charge in [0.05, 0.1) is 0 Å². The minimum atomic E-state index is -0.158. The molecule has 0 atom stereocenters. The molecule has 0 spiro atoms. The Bertz CT molecular complexity index is 353. The van der Waals surface area contributed by atoms with Crippen molar-refractivity contribution in [2.24, 2.45) is 0 Å². The van der Waals surface area contributed by atoms with Gasteiger partial charge in [0.2, 0.25) is 0 Å². The van der Waals surface area contributed by atoms with Crippen LogP contribution in [0.25, 0.3) is 0 Å². The second-order valence-corrected chi connectivity index (χ2v) is 4.92. The normalized spacial score (nSPS) is 17.6. The standard InChI is InChI=1S/C12H15BrFNO/c13-10-2-1-9(12(14)7-10)8-15-11-3-5-16-6-4-11/h1-2,7,11,15H,3-6,8H2. The molecule has 1 aromatic carbocycles. The van der Waals surface area contributed by atoms with Gasteiger partial charge < -0.3 is 10.1 Å². The molecule has 16 heavy (non-hydrogen) atoms. The highest BCUT2D eigenvalue weighted by atomic mass is 79.9. The van der Waals surface area contributed by atoms with Gasteiger partial charge >= 0.3 is 0 Å². The molecule has 1 fully saturated rings. The maximum atomic E-state index is 13.5. The maximum Gasteiger partial charge on any atom is 0.128 e. The quantitative estimate of drug-likeness (QED) is 0.923. The minimum Gasteiger partial charge on any atom is -0.381 e. The van der Waals surface area contributed by atoms with Crippen molar-refractivity contribution >= 4 is 15.9 Å². The van der Waals surface area contributed by atoms with Gasteiger partial charge in [0.25, 0.3) is 0 Å². The van der Waals surface area contributed by atoms with Crippen molar-refractivity contribution in [3.63, 3.8) is 0 Å². The Morgan fingerprint density at radius 3 is 2.81 bits per heavy atom. The van der Waals surface area contributed by atoms with E-state index in [4.69, 9.17) is 4.74 Å². The first-order valence-corrected chi connectivity index (χ1v) is 6.30. The Hall–Kier alpha value is -0.450. The lowest BCUT2D eigenvalue weighted by Gasteiger charge is -2.23. The molecule has 0 aliphatic carbocycles. The summed E-state index contributed by atoms with van der Waals surface area (Å²) < 4.78 is 19.6. The van der Waals surface area contributed by atoms with E-state index < -0.39 is 0 Å². The number of halogens is 2. The summed E-state index contributed by atoms with van der Waals surface area (Å²) in [4.78, 5) is 0. The number of benzene rings is 1. The molecular weight excluding hydrogens is 273 g/mol. The van der Waals surface area contributed by atoms with E-state index in [9.17, 15) is 4.39 Å². The predicted molar refractivity (Wildman–Crippen MR) is 64.8 cm³/mol. The smallest absolute Gasteiger partial charge is 0.128 e.